The topological polar surface area (TPSA) is 25.8 Å². The molecule has 160 valence electrons. The van der Waals surface area contributed by atoms with Gasteiger partial charge in [-0.3, -0.25) is 0 Å². The van der Waals surface area contributed by atoms with Crippen molar-refractivity contribution in [2.45, 2.75) is 0 Å². The van der Waals surface area contributed by atoms with E-state index in [1.165, 1.54) is 24.3 Å². The van der Waals surface area contributed by atoms with Gasteiger partial charge in [-0.25, -0.2) is 27.5 Å². The Kier molecular flexibility index (Phi) is 5.77. The summed E-state index contributed by atoms with van der Waals surface area (Å²) >= 11 is 0. The predicted octanol–water partition coefficient (Wildman–Crippen LogP) is 7.43. The van der Waals surface area contributed by atoms with Crippen molar-refractivity contribution in [2.75, 3.05) is 0 Å². The van der Waals surface area contributed by atoms with Crippen LogP contribution in [0.15, 0.2) is 79.1 Å². The molecule has 0 aliphatic carbocycles. The summed E-state index contributed by atoms with van der Waals surface area (Å²) < 4.78 is 78.0. The highest BCUT2D eigenvalue weighted by atomic mass is 19.3. The first kappa shape index (κ1) is 21.3. The van der Waals surface area contributed by atoms with Crippen molar-refractivity contribution in [3.63, 3.8) is 0 Å². The third kappa shape index (κ3) is 4.25. The van der Waals surface area contributed by atoms with Crippen LogP contribution < -0.4 is 0 Å². The van der Waals surface area contributed by atoms with E-state index in [0.29, 0.717) is 22.5 Å². The molecule has 0 saturated heterocycles. The van der Waals surface area contributed by atoms with Crippen LogP contribution in [0.2, 0.25) is 0 Å². The van der Waals surface area contributed by atoms with Gasteiger partial charge >= 0.3 is 6.08 Å². The van der Waals surface area contributed by atoms with E-state index in [4.69, 9.17) is 0 Å². The molecular weight excluding hydrogens is 430 g/mol. The summed E-state index contributed by atoms with van der Waals surface area (Å²) in [4.78, 5) is 8.49. The third-order valence-electron chi connectivity index (χ3n) is 4.75. The maximum Gasteiger partial charge on any atom is 0.306 e. The normalized spacial score (nSPS) is 10.8. The lowest BCUT2D eigenvalue weighted by molar-refractivity contribution is 0.410. The molecule has 4 rings (SSSR count). The van der Waals surface area contributed by atoms with Crippen LogP contribution in [0.4, 0.5) is 26.3 Å². The number of hydrogen-bond donors (Lipinski definition) is 0. The second kappa shape index (κ2) is 8.66. The van der Waals surface area contributed by atoms with Crippen LogP contribution in [-0.4, -0.2) is 9.97 Å². The number of rotatable bonds is 4. The zero-order chi connectivity index (χ0) is 22.8. The Labute approximate surface area is 178 Å². The molecule has 0 saturated carbocycles. The van der Waals surface area contributed by atoms with Crippen molar-refractivity contribution in [3.05, 3.63) is 102 Å². The summed E-state index contributed by atoms with van der Waals surface area (Å²) in [5.41, 5.74) is 2.35. The molecule has 0 bridgehead atoms. The molecule has 0 fully saturated rings. The van der Waals surface area contributed by atoms with Crippen LogP contribution >= 0.6 is 0 Å². The summed E-state index contributed by atoms with van der Waals surface area (Å²) in [5.74, 6) is -5.32. The van der Waals surface area contributed by atoms with Crippen molar-refractivity contribution < 1.29 is 26.3 Å². The number of halogens is 6. The second-order valence-electron chi connectivity index (χ2n) is 6.78. The smallest absolute Gasteiger partial charge is 0.236 e. The van der Waals surface area contributed by atoms with Crippen molar-refractivity contribution in [3.8, 4) is 33.6 Å². The van der Waals surface area contributed by atoms with Gasteiger partial charge in [0.1, 0.15) is 0 Å². The summed E-state index contributed by atoms with van der Waals surface area (Å²) in [6.45, 7) is 0. The zero-order valence-corrected chi connectivity index (χ0v) is 16.1. The van der Waals surface area contributed by atoms with Gasteiger partial charge in [0.05, 0.1) is 0 Å². The van der Waals surface area contributed by atoms with E-state index in [9.17, 15) is 26.3 Å². The van der Waals surface area contributed by atoms with Crippen molar-refractivity contribution in [1.82, 2.24) is 9.97 Å². The second-order valence-corrected chi connectivity index (χ2v) is 6.78. The van der Waals surface area contributed by atoms with E-state index in [-0.39, 0.29) is 11.1 Å². The van der Waals surface area contributed by atoms with Gasteiger partial charge < -0.3 is 0 Å². The molecule has 0 N–H and O–H groups in total. The van der Waals surface area contributed by atoms with Crippen LogP contribution in [-0.2, 0) is 0 Å². The Hall–Kier alpha value is -3.94. The summed E-state index contributed by atoms with van der Waals surface area (Å²) in [7, 11) is 0. The largest absolute Gasteiger partial charge is 0.306 e. The van der Waals surface area contributed by atoms with Gasteiger partial charge in [0.25, 0.3) is 0 Å². The fourth-order valence-electron chi connectivity index (χ4n) is 3.08. The molecule has 0 aliphatic rings. The maximum absolute atomic E-state index is 13.5. The van der Waals surface area contributed by atoms with E-state index in [0.717, 1.165) is 17.7 Å². The van der Waals surface area contributed by atoms with Crippen molar-refractivity contribution >= 4 is 5.83 Å². The Morgan fingerprint density at radius 2 is 1.03 bits per heavy atom. The highest BCUT2D eigenvalue weighted by Crippen LogP contribution is 2.28. The quantitative estimate of drug-likeness (QED) is 0.243. The number of benzene rings is 3. The molecule has 8 heteroatoms. The van der Waals surface area contributed by atoms with E-state index in [1.807, 2.05) is 0 Å². The van der Waals surface area contributed by atoms with Gasteiger partial charge in [-0.05, 0) is 28.8 Å². The summed E-state index contributed by atoms with van der Waals surface area (Å²) in [5, 5.41) is 0. The zero-order valence-electron chi connectivity index (χ0n) is 16.1. The SMILES string of the molecule is FC(F)=C(F)c1ccc(-c2ncc(-c3ccc(-c4cc(F)c(F)c(F)c4)cc3)cn2)cc1. The molecule has 1 aromatic heterocycles. The van der Waals surface area contributed by atoms with Crippen LogP contribution in [0.3, 0.4) is 0 Å². The van der Waals surface area contributed by atoms with E-state index in [1.54, 1.807) is 36.7 Å². The highest BCUT2D eigenvalue weighted by molar-refractivity contribution is 5.70. The lowest BCUT2D eigenvalue weighted by atomic mass is 10.0. The molecule has 0 amide bonds. The van der Waals surface area contributed by atoms with E-state index >= 15 is 0 Å². The first-order valence-corrected chi connectivity index (χ1v) is 9.22. The molecule has 0 unspecified atom stereocenters. The average molecular weight is 442 g/mol. The lowest BCUT2D eigenvalue weighted by Crippen LogP contribution is -1.92. The Balaban J connectivity index is 1.55. The number of aromatic nitrogens is 2. The summed E-state index contributed by atoms with van der Waals surface area (Å²) in [6.07, 6.45) is 0.702. The molecule has 0 radical (unpaired) electrons. The summed E-state index contributed by atoms with van der Waals surface area (Å²) in [6, 6.07) is 13.8. The van der Waals surface area contributed by atoms with Crippen molar-refractivity contribution in [1.29, 1.82) is 0 Å². The lowest BCUT2D eigenvalue weighted by Gasteiger charge is -2.07. The molecule has 3 aromatic carbocycles. The van der Waals surface area contributed by atoms with Gasteiger partial charge in [-0.2, -0.15) is 8.78 Å². The minimum atomic E-state index is -2.39. The predicted molar refractivity (Wildman–Crippen MR) is 108 cm³/mol. The number of nitrogens with zero attached hydrogens (tertiary/aromatic N) is 2. The Morgan fingerprint density at radius 1 is 0.562 bits per heavy atom. The van der Waals surface area contributed by atoms with Crippen LogP contribution in [0.25, 0.3) is 39.5 Å². The molecule has 0 spiro atoms. The average Bonchev–Trinajstić information content (AvgIpc) is 2.82. The molecule has 1 heterocycles. The van der Waals surface area contributed by atoms with Gasteiger partial charge in [-0.15, -0.1) is 0 Å². The maximum atomic E-state index is 13.5. The van der Waals surface area contributed by atoms with Gasteiger partial charge in [-0.1, -0.05) is 48.5 Å². The van der Waals surface area contributed by atoms with Crippen LogP contribution in [0.5, 0.6) is 0 Å². The number of hydrogen-bond acceptors (Lipinski definition) is 2. The van der Waals surface area contributed by atoms with E-state index < -0.39 is 29.4 Å². The molecular formula is C24H12F6N2. The Morgan fingerprint density at radius 3 is 1.53 bits per heavy atom. The van der Waals surface area contributed by atoms with Gasteiger partial charge in [0.15, 0.2) is 29.1 Å². The van der Waals surface area contributed by atoms with Crippen molar-refractivity contribution in [2.24, 2.45) is 0 Å². The third-order valence-corrected chi connectivity index (χ3v) is 4.75. The minimum absolute atomic E-state index is 0.196. The van der Waals surface area contributed by atoms with Gasteiger partial charge in [0, 0.05) is 29.1 Å². The molecule has 32 heavy (non-hydrogen) atoms. The monoisotopic (exact) mass is 442 g/mol. The van der Waals surface area contributed by atoms with Gasteiger partial charge in [0.2, 0.25) is 0 Å². The standard InChI is InChI=1S/C24H12F6N2/c25-19-9-17(10-20(26)22(19)28)13-1-3-14(4-2-13)18-11-31-24(32-12-18)16-7-5-15(6-8-16)21(27)23(29)30/h1-12H. The fraction of sp³-hybridized carbons (Fsp3) is 0. The molecule has 0 aliphatic heterocycles. The first-order chi connectivity index (χ1) is 15.3. The van der Waals surface area contributed by atoms with Crippen LogP contribution in [0, 0.1) is 17.5 Å². The Bertz CT molecular complexity index is 1270. The van der Waals surface area contributed by atoms with Crippen LogP contribution in [0.1, 0.15) is 5.56 Å². The molecule has 4 aromatic rings. The highest BCUT2D eigenvalue weighted by Gasteiger charge is 2.12. The fourth-order valence-corrected chi connectivity index (χ4v) is 3.08. The first-order valence-electron chi connectivity index (χ1n) is 9.22. The molecule has 2 nitrogen and oxygen atoms in total. The molecule has 0 atom stereocenters. The minimum Gasteiger partial charge on any atom is -0.236 e. The van der Waals surface area contributed by atoms with E-state index in [2.05, 4.69) is 9.97 Å².